The topological polar surface area (TPSA) is 74.2 Å². The van der Waals surface area contributed by atoms with Crippen LogP contribution in [-0.2, 0) is 4.79 Å². The maximum Gasteiger partial charge on any atom is 0.328 e. The monoisotopic (exact) mass is 344 g/mol. The van der Waals surface area contributed by atoms with Crippen LogP contribution < -0.4 is 18.9 Å². The summed E-state index contributed by atoms with van der Waals surface area (Å²) < 4.78 is 21.7. The number of methoxy groups -OCH3 is 2. The molecule has 0 aliphatic heterocycles. The molecular weight excluding hydrogens is 324 g/mol. The number of rotatable bonds is 9. The highest BCUT2D eigenvalue weighted by molar-refractivity contribution is 5.85. The first-order valence-electron chi connectivity index (χ1n) is 7.61. The molecular formula is C19H20O6. The lowest BCUT2D eigenvalue weighted by Crippen LogP contribution is -2.09. The van der Waals surface area contributed by atoms with Crippen molar-refractivity contribution in [3.63, 3.8) is 0 Å². The molecule has 0 heterocycles. The van der Waals surface area contributed by atoms with Crippen molar-refractivity contribution < 1.29 is 28.8 Å². The van der Waals surface area contributed by atoms with E-state index in [2.05, 4.69) is 0 Å². The summed E-state index contributed by atoms with van der Waals surface area (Å²) in [5.74, 6) is 1.50. The molecule has 0 aliphatic rings. The lowest BCUT2D eigenvalue weighted by molar-refractivity contribution is -0.131. The molecule has 0 fully saturated rings. The van der Waals surface area contributed by atoms with Crippen LogP contribution in [0, 0.1) is 0 Å². The quantitative estimate of drug-likeness (QED) is 0.556. The van der Waals surface area contributed by atoms with Crippen LogP contribution in [0.4, 0.5) is 0 Å². The minimum Gasteiger partial charge on any atom is -0.497 e. The second-order valence-electron chi connectivity index (χ2n) is 4.96. The molecule has 0 atom stereocenters. The molecule has 0 spiro atoms. The van der Waals surface area contributed by atoms with E-state index in [0.29, 0.717) is 36.0 Å². The van der Waals surface area contributed by atoms with Crippen molar-refractivity contribution >= 4 is 12.0 Å². The minimum absolute atomic E-state index is 0.331. The van der Waals surface area contributed by atoms with E-state index in [1.165, 1.54) is 13.2 Å². The highest BCUT2D eigenvalue weighted by Crippen LogP contribution is 2.28. The third-order valence-corrected chi connectivity index (χ3v) is 3.26. The van der Waals surface area contributed by atoms with Crippen LogP contribution in [0.2, 0.25) is 0 Å². The van der Waals surface area contributed by atoms with Crippen molar-refractivity contribution in [1.82, 2.24) is 0 Å². The fraction of sp³-hybridized carbons (Fsp3) is 0.211. The van der Waals surface area contributed by atoms with Gasteiger partial charge in [-0.1, -0.05) is 12.1 Å². The number of carbonyl (C=O) groups is 1. The van der Waals surface area contributed by atoms with Gasteiger partial charge < -0.3 is 24.1 Å². The average molecular weight is 344 g/mol. The Bertz CT molecular complexity index is 738. The van der Waals surface area contributed by atoms with Crippen molar-refractivity contribution in [2.45, 2.75) is 0 Å². The Morgan fingerprint density at radius 3 is 2.44 bits per heavy atom. The van der Waals surface area contributed by atoms with Crippen LogP contribution in [0.5, 0.6) is 23.0 Å². The van der Waals surface area contributed by atoms with E-state index >= 15 is 0 Å². The number of aliphatic carboxylic acids is 1. The standard InChI is InChI=1S/C19H20O6/c1-22-15-4-3-5-16(13-15)24-10-11-25-17-8-6-14(7-9-19(20)21)12-18(17)23-2/h3-9,12-13H,10-11H2,1-2H3,(H,20,21). The normalized spacial score (nSPS) is 10.5. The molecule has 0 unspecified atom stereocenters. The van der Waals surface area contributed by atoms with E-state index < -0.39 is 5.97 Å². The van der Waals surface area contributed by atoms with Crippen LogP contribution in [0.15, 0.2) is 48.5 Å². The number of hydrogen-bond donors (Lipinski definition) is 1. The van der Waals surface area contributed by atoms with E-state index in [9.17, 15) is 4.79 Å². The van der Waals surface area contributed by atoms with Gasteiger partial charge in [-0.15, -0.1) is 0 Å². The zero-order valence-corrected chi connectivity index (χ0v) is 14.1. The van der Waals surface area contributed by atoms with E-state index in [-0.39, 0.29) is 0 Å². The largest absolute Gasteiger partial charge is 0.497 e. The molecule has 1 N–H and O–H groups in total. The van der Waals surface area contributed by atoms with Gasteiger partial charge in [0.25, 0.3) is 0 Å². The Morgan fingerprint density at radius 2 is 1.72 bits per heavy atom. The molecule has 6 heteroatoms. The first-order chi connectivity index (χ1) is 12.1. The van der Waals surface area contributed by atoms with Crippen LogP contribution in [0.3, 0.4) is 0 Å². The van der Waals surface area contributed by atoms with Crippen LogP contribution in [0.1, 0.15) is 5.56 Å². The molecule has 2 aromatic rings. The van der Waals surface area contributed by atoms with Crippen molar-refractivity contribution in [1.29, 1.82) is 0 Å². The maximum atomic E-state index is 10.6. The Hall–Kier alpha value is -3.15. The Kier molecular flexibility index (Phi) is 6.71. The molecule has 6 nitrogen and oxygen atoms in total. The number of carboxylic acid groups (broad SMARTS) is 1. The maximum absolute atomic E-state index is 10.6. The highest BCUT2D eigenvalue weighted by atomic mass is 16.5. The Labute approximate surface area is 146 Å². The van der Waals surface area contributed by atoms with E-state index in [4.69, 9.17) is 24.1 Å². The van der Waals surface area contributed by atoms with Gasteiger partial charge >= 0.3 is 5.97 Å². The fourth-order valence-corrected chi connectivity index (χ4v) is 2.08. The van der Waals surface area contributed by atoms with Gasteiger partial charge in [-0.05, 0) is 35.9 Å². The highest BCUT2D eigenvalue weighted by Gasteiger charge is 2.05. The van der Waals surface area contributed by atoms with Gasteiger partial charge in [-0.25, -0.2) is 4.79 Å². The molecule has 2 aromatic carbocycles. The molecule has 0 bridgehead atoms. The first kappa shape index (κ1) is 18.2. The molecule has 0 radical (unpaired) electrons. The summed E-state index contributed by atoms with van der Waals surface area (Å²) in [6.07, 6.45) is 2.55. The van der Waals surface area contributed by atoms with Gasteiger partial charge in [0.2, 0.25) is 0 Å². The van der Waals surface area contributed by atoms with Gasteiger partial charge in [0.1, 0.15) is 24.7 Å². The van der Waals surface area contributed by atoms with Crippen LogP contribution in [-0.4, -0.2) is 38.5 Å². The van der Waals surface area contributed by atoms with Gasteiger partial charge in [0.15, 0.2) is 11.5 Å². The van der Waals surface area contributed by atoms with Crippen molar-refractivity contribution in [2.24, 2.45) is 0 Å². The van der Waals surface area contributed by atoms with Crippen molar-refractivity contribution in [2.75, 3.05) is 27.4 Å². The number of ether oxygens (including phenoxy) is 4. The predicted molar refractivity (Wildman–Crippen MR) is 93.6 cm³/mol. The fourth-order valence-electron chi connectivity index (χ4n) is 2.08. The summed E-state index contributed by atoms with van der Waals surface area (Å²) in [7, 11) is 3.13. The summed E-state index contributed by atoms with van der Waals surface area (Å²) in [5.41, 5.74) is 0.708. The van der Waals surface area contributed by atoms with Gasteiger partial charge in [-0.3, -0.25) is 0 Å². The van der Waals surface area contributed by atoms with Gasteiger partial charge in [-0.2, -0.15) is 0 Å². The third-order valence-electron chi connectivity index (χ3n) is 3.26. The molecule has 0 amide bonds. The second kappa shape index (κ2) is 9.22. The predicted octanol–water partition coefficient (Wildman–Crippen LogP) is 3.26. The van der Waals surface area contributed by atoms with Crippen LogP contribution in [0.25, 0.3) is 6.08 Å². The SMILES string of the molecule is COc1cccc(OCCOc2ccc(C=CC(=O)O)cc2OC)c1. The van der Waals surface area contributed by atoms with Gasteiger partial charge in [0.05, 0.1) is 14.2 Å². The summed E-state index contributed by atoms with van der Waals surface area (Å²) >= 11 is 0. The number of carboxylic acids is 1. The smallest absolute Gasteiger partial charge is 0.328 e. The lowest BCUT2D eigenvalue weighted by Gasteiger charge is -2.12. The van der Waals surface area contributed by atoms with Crippen molar-refractivity contribution in [3.8, 4) is 23.0 Å². The molecule has 132 valence electrons. The zero-order valence-electron chi connectivity index (χ0n) is 14.1. The molecule has 0 saturated heterocycles. The van der Waals surface area contributed by atoms with Crippen LogP contribution >= 0.6 is 0 Å². The average Bonchev–Trinajstić information content (AvgIpc) is 2.64. The summed E-state index contributed by atoms with van der Waals surface area (Å²) in [5, 5.41) is 8.66. The zero-order chi connectivity index (χ0) is 18.1. The summed E-state index contributed by atoms with van der Waals surface area (Å²) in [6.45, 7) is 0.689. The molecule has 0 aliphatic carbocycles. The van der Waals surface area contributed by atoms with E-state index in [0.717, 1.165) is 11.8 Å². The summed E-state index contributed by atoms with van der Waals surface area (Å²) in [6, 6.07) is 12.5. The van der Waals surface area contributed by atoms with Gasteiger partial charge in [0, 0.05) is 12.1 Å². The number of benzene rings is 2. The minimum atomic E-state index is -1.01. The molecule has 25 heavy (non-hydrogen) atoms. The van der Waals surface area contributed by atoms with E-state index in [1.54, 1.807) is 31.4 Å². The molecule has 0 aromatic heterocycles. The first-order valence-corrected chi connectivity index (χ1v) is 7.61. The molecule has 2 rings (SSSR count). The second-order valence-corrected chi connectivity index (χ2v) is 4.96. The summed E-state index contributed by atoms with van der Waals surface area (Å²) in [4.78, 5) is 10.6. The lowest BCUT2D eigenvalue weighted by atomic mass is 10.2. The van der Waals surface area contributed by atoms with E-state index in [1.807, 2.05) is 18.2 Å². The Morgan fingerprint density at radius 1 is 0.960 bits per heavy atom. The third kappa shape index (κ3) is 5.76. The Balaban J connectivity index is 1.90. The molecule has 0 saturated carbocycles. The van der Waals surface area contributed by atoms with Crippen molar-refractivity contribution in [3.05, 3.63) is 54.1 Å². The number of hydrogen-bond acceptors (Lipinski definition) is 5.